The van der Waals surface area contributed by atoms with E-state index in [1.165, 1.54) is 0 Å². The van der Waals surface area contributed by atoms with Gasteiger partial charge in [0.25, 0.3) is 0 Å². The number of hydrogen-bond acceptors (Lipinski definition) is 3. The molecule has 4 heteroatoms. The first kappa shape index (κ1) is 10.7. The lowest BCUT2D eigenvalue weighted by atomic mass is 10.1. The molecule has 1 atom stereocenters. The number of anilines is 1. The van der Waals surface area contributed by atoms with Gasteiger partial charge >= 0.3 is 0 Å². The van der Waals surface area contributed by atoms with Crippen molar-refractivity contribution in [2.24, 2.45) is 11.7 Å². The predicted octanol–water partition coefficient (Wildman–Crippen LogP) is 0.639. The van der Waals surface area contributed by atoms with Crippen LogP contribution in [-0.2, 0) is 4.79 Å². The Morgan fingerprint density at radius 3 is 2.93 bits per heavy atom. The van der Waals surface area contributed by atoms with Crippen LogP contribution in [0, 0.1) is 5.92 Å². The zero-order valence-electron chi connectivity index (χ0n) is 8.47. The maximum absolute atomic E-state index is 11.7. The largest absolute Gasteiger partial charge is 0.330 e. The molecule has 2 N–H and O–H groups in total. The van der Waals surface area contributed by atoms with E-state index < -0.39 is 0 Å². The van der Waals surface area contributed by atoms with Gasteiger partial charge in [-0.3, -0.25) is 9.78 Å². The zero-order valence-corrected chi connectivity index (χ0v) is 8.47. The molecule has 0 spiro atoms. The van der Waals surface area contributed by atoms with Crippen LogP contribution < -0.4 is 10.6 Å². The second kappa shape index (κ2) is 4.72. The molecule has 1 aromatic heterocycles. The molecule has 1 heterocycles. The van der Waals surface area contributed by atoms with E-state index in [0.717, 1.165) is 5.69 Å². The highest BCUT2D eigenvalue weighted by Crippen LogP contribution is 2.12. The van der Waals surface area contributed by atoms with Crippen molar-refractivity contribution in [3.63, 3.8) is 0 Å². The van der Waals surface area contributed by atoms with Gasteiger partial charge < -0.3 is 10.6 Å². The van der Waals surface area contributed by atoms with Gasteiger partial charge in [-0.15, -0.1) is 0 Å². The van der Waals surface area contributed by atoms with Gasteiger partial charge in [0.2, 0.25) is 5.91 Å². The Balaban J connectivity index is 2.76. The molecule has 0 radical (unpaired) electrons. The average Bonchev–Trinajstić information content (AvgIpc) is 2.27. The maximum atomic E-state index is 11.7. The van der Waals surface area contributed by atoms with Gasteiger partial charge in [-0.25, -0.2) is 0 Å². The van der Waals surface area contributed by atoms with Gasteiger partial charge in [0, 0.05) is 25.7 Å². The fraction of sp³-hybridized carbons (Fsp3) is 0.400. The van der Waals surface area contributed by atoms with E-state index in [2.05, 4.69) is 4.98 Å². The molecule has 4 nitrogen and oxygen atoms in total. The summed E-state index contributed by atoms with van der Waals surface area (Å²) in [7, 11) is 1.73. The highest BCUT2D eigenvalue weighted by Gasteiger charge is 2.16. The predicted molar refractivity (Wildman–Crippen MR) is 55.9 cm³/mol. The van der Waals surface area contributed by atoms with E-state index in [1.54, 1.807) is 30.4 Å². The summed E-state index contributed by atoms with van der Waals surface area (Å²) in [5.74, 6) is -0.138. The molecule has 0 saturated carbocycles. The van der Waals surface area contributed by atoms with Crippen molar-refractivity contribution in [2.45, 2.75) is 6.92 Å². The number of rotatable bonds is 3. The van der Waals surface area contributed by atoms with Crippen molar-refractivity contribution < 1.29 is 4.79 Å². The molecule has 0 saturated heterocycles. The number of nitrogens with zero attached hydrogens (tertiary/aromatic N) is 2. The quantitative estimate of drug-likeness (QED) is 0.766. The molecular weight excluding hydrogens is 178 g/mol. The Labute approximate surface area is 83.7 Å². The van der Waals surface area contributed by atoms with Gasteiger partial charge in [-0.05, 0) is 12.1 Å². The third-order valence-corrected chi connectivity index (χ3v) is 2.14. The topological polar surface area (TPSA) is 59.2 Å². The summed E-state index contributed by atoms with van der Waals surface area (Å²) in [4.78, 5) is 17.2. The second-order valence-electron chi connectivity index (χ2n) is 3.25. The third kappa shape index (κ3) is 2.29. The van der Waals surface area contributed by atoms with Crippen LogP contribution in [0.1, 0.15) is 6.92 Å². The molecule has 0 aliphatic carbocycles. The second-order valence-corrected chi connectivity index (χ2v) is 3.25. The van der Waals surface area contributed by atoms with Crippen molar-refractivity contribution in [2.75, 3.05) is 18.5 Å². The highest BCUT2D eigenvalue weighted by molar-refractivity contribution is 5.94. The number of amides is 1. The van der Waals surface area contributed by atoms with Crippen molar-refractivity contribution in [1.29, 1.82) is 0 Å². The molecule has 1 unspecified atom stereocenters. The summed E-state index contributed by atoms with van der Waals surface area (Å²) in [5, 5.41) is 0. The molecule has 0 aliphatic heterocycles. The zero-order chi connectivity index (χ0) is 10.6. The van der Waals surface area contributed by atoms with Crippen LogP contribution in [0.5, 0.6) is 0 Å². The molecule has 0 bridgehead atoms. The standard InChI is InChI=1S/C10H15N3O/c1-8(6-11)10(14)13(2)9-4-3-5-12-7-9/h3-5,7-8H,6,11H2,1-2H3. The first-order valence-corrected chi connectivity index (χ1v) is 4.54. The van der Waals surface area contributed by atoms with Crippen molar-refractivity contribution in [3.05, 3.63) is 24.5 Å². The van der Waals surface area contributed by atoms with E-state index >= 15 is 0 Å². The normalized spacial score (nSPS) is 12.2. The number of aromatic nitrogens is 1. The van der Waals surface area contributed by atoms with Crippen LogP contribution in [0.15, 0.2) is 24.5 Å². The Hall–Kier alpha value is -1.42. The number of carbonyl (C=O) groups is 1. The molecule has 0 fully saturated rings. The van der Waals surface area contributed by atoms with E-state index in [9.17, 15) is 4.79 Å². The minimum atomic E-state index is -0.153. The molecule has 76 valence electrons. The molecule has 1 aromatic rings. The van der Waals surface area contributed by atoms with Crippen molar-refractivity contribution in [1.82, 2.24) is 4.98 Å². The van der Waals surface area contributed by atoms with Crippen LogP contribution in [0.25, 0.3) is 0 Å². The molecule has 0 aromatic carbocycles. The number of hydrogen-bond donors (Lipinski definition) is 1. The van der Waals surface area contributed by atoms with E-state index in [4.69, 9.17) is 5.73 Å². The Kier molecular flexibility index (Phi) is 3.59. The lowest BCUT2D eigenvalue weighted by molar-refractivity contribution is -0.121. The van der Waals surface area contributed by atoms with Crippen molar-refractivity contribution >= 4 is 11.6 Å². The van der Waals surface area contributed by atoms with E-state index in [-0.39, 0.29) is 11.8 Å². The Morgan fingerprint density at radius 2 is 2.43 bits per heavy atom. The number of pyridine rings is 1. The Morgan fingerprint density at radius 1 is 1.71 bits per heavy atom. The SMILES string of the molecule is CC(CN)C(=O)N(C)c1cccnc1. The summed E-state index contributed by atoms with van der Waals surface area (Å²) in [6, 6.07) is 3.64. The third-order valence-electron chi connectivity index (χ3n) is 2.14. The summed E-state index contributed by atoms with van der Waals surface area (Å²) < 4.78 is 0. The number of carbonyl (C=O) groups excluding carboxylic acids is 1. The molecule has 1 amide bonds. The smallest absolute Gasteiger partial charge is 0.230 e. The van der Waals surface area contributed by atoms with Crippen LogP contribution >= 0.6 is 0 Å². The van der Waals surface area contributed by atoms with Crippen LogP contribution in [0.3, 0.4) is 0 Å². The fourth-order valence-corrected chi connectivity index (χ4v) is 1.11. The van der Waals surface area contributed by atoms with Crippen LogP contribution in [0.4, 0.5) is 5.69 Å². The van der Waals surface area contributed by atoms with Crippen LogP contribution in [-0.4, -0.2) is 24.5 Å². The van der Waals surface area contributed by atoms with E-state index in [1.807, 2.05) is 13.0 Å². The van der Waals surface area contributed by atoms with Gasteiger partial charge in [0.1, 0.15) is 0 Å². The molecule has 0 aliphatic rings. The lowest BCUT2D eigenvalue weighted by Gasteiger charge is -2.19. The van der Waals surface area contributed by atoms with Gasteiger partial charge in [-0.1, -0.05) is 6.92 Å². The van der Waals surface area contributed by atoms with Gasteiger partial charge in [0.15, 0.2) is 0 Å². The minimum absolute atomic E-state index is 0.0144. The monoisotopic (exact) mass is 193 g/mol. The van der Waals surface area contributed by atoms with Gasteiger partial charge in [-0.2, -0.15) is 0 Å². The molecular formula is C10H15N3O. The lowest BCUT2D eigenvalue weighted by Crippen LogP contribution is -2.35. The van der Waals surface area contributed by atoms with Gasteiger partial charge in [0.05, 0.1) is 11.9 Å². The summed E-state index contributed by atoms with van der Waals surface area (Å²) in [5.41, 5.74) is 6.22. The average molecular weight is 193 g/mol. The van der Waals surface area contributed by atoms with Crippen LogP contribution in [0.2, 0.25) is 0 Å². The van der Waals surface area contributed by atoms with Crippen molar-refractivity contribution in [3.8, 4) is 0 Å². The Bertz CT molecular complexity index is 299. The summed E-state index contributed by atoms with van der Waals surface area (Å²) >= 11 is 0. The molecule has 1 rings (SSSR count). The fourth-order valence-electron chi connectivity index (χ4n) is 1.11. The first-order valence-electron chi connectivity index (χ1n) is 4.54. The summed E-state index contributed by atoms with van der Waals surface area (Å²) in [6.07, 6.45) is 3.33. The maximum Gasteiger partial charge on any atom is 0.230 e. The van der Waals surface area contributed by atoms with E-state index in [0.29, 0.717) is 6.54 Å². The number of nitrogens with two attached hydrogens (primary N) is 1. The summed E-state index contributed by atoms with van der Waals surface area (Å²) in [6.45, 7) is 2.18. The first-order chi connectivity index (χ1) is 6.66. The molecule has 14 heavy (non-hydrogen) atoms. The minimum Gasteiger partial charge on any atom is -0.330 e. The highest BCUT2D eigenvalue weighted by atomic mass is 16.2.